The third-order valence-electron chi connectivity index (χ3n) is 5.63. The number of rotatable bonds is 1. The summed E-state index contributed by atoms with van der Waals surface area (Å²) in [6.07, 6.45) is 3.49. The molecule has 6 heteroatoms. The summed E-state index contributed by atoms with van der Waals surface area (Å²) in [5.74, 6) is -1.06. The lowest BCUT2D eigenvalue weighted by molar-refractivity contribution is -0.144. The molecule has 4 rings (SSSR count). The van der Waals surface area contributed by atoms with Gasteiger partial charge in [0, 0.05) is 32.1 Å². The Bertz CT molecular complexity index is 694. The van der Waals surface area contributed by atoms with Crippen molar-refractivity contribution in [3.63, 3.8) is 0 Å². The minimum Gasteiger partial charge on any atom is -0.339 e. The van der Waals surface area contributed by atoms with Crippen LogP contribution in [0.1, 0.15) is 36.0 Å². The second-order valence-electron chi connectivity index (χ2n) is 7.20. The molecule has 0 unspecified atom stereocenters. The topological polar surface area (TPSA) is 40.6 Å². The van der Waals surface area contributed by atoms with E-state index in [1.165, 1.54) is 0 Å². The number of carbonyl (C=O) groups is 2. The zero-order valence-electron chi connectivity index (χ0n) is 13.4. The van der Waals surface area contributed by atoms with E-state index in [-0.39, 0.29) is 29.3 Å². The zero-order valence-corrected chi connectivity index (χ0v) is 13.4. The average molecular weight is 334 g/mol. The van der Waals surface area contributed by atoms with E-state index in [4.69, 9.17) is 0 Å². The van der Waals surface area contributed by atoms with E-state index in [1.807, 2.05) is 4.90 Å². The van der Waals surface area contributed by atoms with Crippen LogP contribution in [-0.4, -0.2) is 47.3 Å². The van der Waals surface area contributed by atoms with Crippen molar-refractivity contribution in [3.8, 4) is 0 Å². The molecule has 0 spiro atoms. The van der Waals surface area contributed by atoms with E-state index in [0.29, 0.717) is 26.1 Å². The van der Waals surface area contributed by atoms with Crippen LogP contribution in [0.25, 0.3) is 0 Å². The summed E-state index contributed by atoms with van der Waals surface area (Å²) in [4.78, 5) is 28.4. The summed E-state index contributed by atoms with van der Waals surface area (Å²) in [5, 5.41) is 0. The predicted octanol–water partition coefficient (Wildman–Crippen LogP) is 2.44. The fourth-order valence-corrected chi connectivity index (χ4v) is 4.61. The minimum atomic E-state index is -0.688. The molecule has 128 valence electrons. The Balaban J connectivity index is 1.56. The van der Waals surface area contributed by atoms with Crippen LogP contribution in [0.3, 0.4) is 0 Å². The van der Waals surface area contributed by atoms with Crippen LogP contribution in [0.4, 0.5) is 8.78 Å². The standard InChI is InChI=1S/C18H20F2N2O2/c19-13-4-5-15(20)14(7-13)18(24)21-8-11-6-12(10-21)16-2-1-3-17(23)22(16)9-11/h4-5,7,11-12,16H,1-3,6,8-10H2/t11-,12-,16-/m1/s1. The Morgan fingerprint density at radius 2 is 2.00 bits per heavy atom. The van der Waals surface area contributed by atoms with E-state index in [1.54, 1.807) is 4.90 Å². The van der Waals surface area contributed by atoms with Crippen molar-refractivity contribution in [2.75, 3.05) is 19.6 Å². The molecular weight excluding hydrogens is 314 g/mol. The Morgan fingerprint density at radius 1 is 1.17 bits per heavy atom. The lowest BCUT2D eigenvalue weighted by Crippen LogP contribution is -2.61. The first-order chi connectivity index (χ1) is 11.5. The second-order valence-corrected chi connectivity index (χ2v) is 7.20. The number of hydrogen-bond donors (Lipinski definition) is 0. The predicted molar refractivity (Wildman–Crippen MR) is 83.2 cm³/mol. The van der Waals surface area contributed by atoms with E-state index in [2.05, 4.69) is 0 Å². The number of nitrogens with zero attached hydrogens (tertiary/aromatic N) is 2. The summed E-state index contributed by atoms with van der Waals surface area (Å²) in [6.45, 7) is 1.69. The summed E-state index contributed by atoms with van der Waals surface area (Å²) >= 11 is 0. The molecule has 3 saturated heterocycles. The maximum Gasteiger partial charge on any atom is 0.256 e. The molecule has 3 aliphatic rings. The van der Waals surface area contributed by atoms with Crippen LogP contribution in [-0.2, 0) is 4.79 Å². The first kappa shape index (κ1) is 15.5. The van der Waals surface area contributed by atoms with Gasteiger partial charge in [-0.3, -0.25) is 9.59 Å². The van der Waals surface area contributed by atoms with Crippen molar-refractivity contribution in [2.24, 2.45) is 11.8 Å². The number of hydrogen-bond acceptors (Lipinski definition) is 2. The quantitative estimate of drug-likeness (QED) is 0.791. The van der Waals surface area contributed by atoms with Gasteiger partial charge in [-0.05, 0) is 49.3 Å². The SMILES string of the molecule is O=C(c1cc(F)ccc1F)N1C[C@H]2C[C@H](C1)[C@H]1CCCC(=O)N1C2. The number of benzene rings is 1. The van der Waals surface area contributed by atoms with Crippen LogP contribution in [0.2, 0.25) is 0 Å². The molecule has 0 aliphatic carbocycles. The van der Waals surface area contributed by atoms with Crippen LogP contribution < -0.4 is 0 Å². The molecule has 2 bridgehead atoms. The van der Waals surface area contributed by atoms with Crippen molar-refractivity contribution < 1.29 is 18.4 Å². The minimum absolute atomic E-state index is 0.190. The summed E-state index contributed by atoms with van der Waals surface area (Å²) < 4.78 is 27.3. The third kappa shape index (κ3) is 2.58. The molecule has 24 heavy (non-hydrogen) atoms. The van der Waals surface area contributed by atoms with Crippen molar-refractivity contribution in [1.29, 1.82) is 0 Å². The zero-order chi connectivity index (χ0) is 16.8. The highest BCUT2D eigenvalue weighted by molar-refractivity contribution is 5.94. The molecule has 2 amide bonds. The van der Waals surface area contributed by atoms with Crippen molar-refractivity contribution in [3.05, 3.63) is 35.4 Å². The number of likely N-dealkylation sites (tertiary alicyclic amines) is 1. The van der Waals surface area contributed by atoms with Crippen molar-refractivity contribution in [2.45, 2.75) is 31.7 Å². The monoisotopic (exact) mass is 334 g/mol. The molecule has 3 fully saturated rings. The second kappa shape index (κ2) is 5.83. The Morgan fingerprint density at radius 3 is 2.83 bits per heavy atom. The fourth-order valence-electron chi connectivity index (χ4n) is 4.61. The van der Waals surface area contributed by atoms with Crippen LogP contribution in [0.15, 0.2) is 18.2 Å². The first-order valence-electron chi connectivity index (χ1n) is 8.56. The van der Waals surface area contributed by atoms with Gasteiger partial charge < -0.3 is 9.80 Å². The number of piperidine rings is 3. The molecule has 0 aromatic heterocycles. The van der Waals surface area contributed by atoms with Crippen LogP contribution >= 0.6 is 0 Å². The smallest absolute Gasteiger partial charge is 0.256 e. The molecule has 0 radical (unpaired) electrons. The molecule has 3 heterocycles. The molecule has 1 aromatic rings. The molecule has 4 nitrogen and oxygen atoms in total. The summed E-state index contributed by atoms with van der Waals surface area (Å²) in [5.41, 5.74) is -0.202. The van der Waals surface area contributed by atoms with Gasteiger partial charge in [0.15, 0.2) is 0 Å². The number of halogens is 2. The number of carbonyl (C=O) groups excluding carboxylic acids is 2. The van der Waals surface area contributed by atoms with Gasteiger partial charge in [0.05, 0.1) is 5.56 Å². The molecule has 0 N–H and O–H groups in total. The van der Waals surface area contributed by atoms with Gasteiger partial charge in [0.25, 0.3) is 5.91 Å². The number of fused-ring (bicyclic) bond motifs is 4. The summed E-state index contributed by atoms with van der Waals surface area (Å²) in [6, 6.07) is 3.17. The highest BCUT2D eigenvalue weighted by Crippen LogP contribution is 2.38. The molecule has 0 saturated carbocycles. The van der Waals surface area contributed by atoms with Gasteiger partial charge in [-0.1, -0.05) is 0 Å². The highest BCUT2D eigenvalue weighted by Gasteiger charge is 2.45. The molecule has 1 aromatic carbocycles. The van der Waals surface area contributed by atoms with Gasteiger partial charge >= 0.3 is 0 Å². The lowest BCUT2D eigenvalue weighted by atomic mass is 9.76. The van der Waals surface area contributed by atoms with Gasteiger partial charge in [0.1, 0.15) is 11.6 Å². The van der Waals surface area contributed by atoms with E-state index < -0.39 is 17.5 Å². The van der Waals surface area contributed by atoms with Gasteiger partial charge in [0.2, 0.25) is 5.91 Å². The largest absolute Gasteiger partial charge is 0.339 e. The number of amides is 2. The summed E-state index contributed by atoms with van der Waals surface area (Å²) in [7, 11) is 0. The molecular formula is C18H20F2N2O2. The Labute approximate surface area is 139 Å². The van der Waals surface area contributed by atoms with E-state index in [0.717, 1.165) is 37.5 Å². The Hall–Kier alpha value is -1.98. The average Bonchev–Trinajstić information content (AvgIpc) is 2.57. The van der Waals surface area contributed by atoms with Gasteiger partial charge in [-0.25, -0.2) is 8.78 Å². The van der Waals surface area contributed by atoms with Gasteiger partial charge in [-0.15, -0.1) is 0 Å². The van der Waals surface area contributed by atoms with Crippen molar-refractivity contribution >= 4 is 11.8 Å². The first-order valence-corrected chi connectivity index (χ1v) is 8.56. The third-order valence-corrected chi connectivity index (χ3v) is 5.63. The van der Waals surface area contributed by atoms with Crippen LogP contribution in [0.5, 0.6) is 0 Å². The maximum atomic E-state index is 13.9. The highest BCUT2D eigenvalue weighted by atomic mass is 19.1. The van der Waals surface area contributed by atoms with E-state index >= 15 is 0 Å². The normalized spacial score (nSPS) is 29.4. The van der Waals surface area contributed by atoms with Gasteiger partial charge in [-0.2, -0.15) is 0 Å². The van der Waals surface area contributed by atoms with Crippen molar-refractivity contribution in [1.82, 2.24) is 9.80 Å². The van der Waals surface area contributed by atoms with E-state index in [9.17, 15) is 18.4 Å². The fraction of sp³-hybridized carbons (Fsp3) is 0.556. The molecule has 3 aliphatic heterocycles. The maximum absolute atomic E-state index is 13.9. The molecule has 3 atom stereocenters. The van der Waals surface area contributed by atoms with Crippen LogP contribution in [0, 0.1) is 23.5 Å². The lowest BCUT2D eigenvalue weighted by Gasteiger charge is -2.52. The Kier molecular flexibility index (Phi) is 3.77.